The zero-order valence-electron chi connectivity index (χ0n) is 7.96. The number of hydrogen-bond donors (Lipinski definition) is 1. The number of methoxy groups -OCH3 is 1. The molecule has 3 heteroatoms. The first-order valence-corrected chi connectivity index (χ1v) is 4.59. The molecule has 0 heterocycles. The van der Waals surface area contributed by atoms with Crippen molar-refractivity contribution in [1.82, 2.24) is 0 Å². The van der Waals surface area contributed by atoms with Crippen LogP contribution in [0.25, 0.3) is 0 Å². The maximum atomic E-state index is 5.87. The zero-order valence-corrected chi connectivity index (χ0v) is 8.71. The van der Waals surface area contributed by atoms with Gasteiger partial charge in [-0.25, -0.2) is 0 Å². The van der Waals surface area contributed by atoms with E-state index in [2.05, 4.69) is 5.92 Å². The van der Waals surface area contributed by atoms with Crippen molar-refractivity contribution in [3.63, 3.8) is 0 Å². The van der Waals surface area contributed by atoms with E-state index in [4.69, 9.17) is 28.5 Å². The summed E-state index contributed by atoms with van der Waals surface area (Å²) in [5.74, 6) is 3.23. The largest absolute Gasteiger partial charge is 0.496 e. The van der Waals surface area contributed by atoms with Gasteiger partial charge in [-0.2, -0.15) is 0 Å². The Hall–Kier alpha value is -1.17. The fourth-order valence-corrected chi connectivity index (χ4v) is 1.41. The lowest BCUT2D eigenvalue weighted by Crippen LogP contribution is -2.10. The van der Waals surface area contributed by atoms with Crippen molar-refractivity contribution in [2.45, 2.75) is 12.5 Å². The molecule has 1 atom stereocenters. The highest BCUT2D eigenvalue weighted by Crippen LogP contribution is 2.28. The summed E-state index contributed by atoms with van der Waals surface area (Å²) in [6, 6.07) is 5.09. The fourth-order valence-electron chi connectivity index (χ4n) is 1.23. The monoisotopic (exact) mass is 209 g/mol. The van der Waals surface area contributed by atoms with Crippen molar-refractivity contribution in [2.24, 2.45) is 5.73 Å². The first-order valence-electron chi connectivity index (χ1n) is 4.21. The first-order chi connectivity index (χ1) is 6.69. The van der Waals surface area contributed by atoms with Crippen molar-refractivity contribution in [3.8, 4) is 18.1 Å². The van der Waals surface area contributed by atoms with E-state index in [0.29, 0.717) is 11.4 Å². The highest BCUT2D eigenvalue weighted by molar-refractivity contribution is 6.30. The van der Waals surface area contributed by atoms with Gasteiger partial charge in [0.25, 0.3) is 0 Å². The number of rotatable bonds is 3. The minimum absolute atomic E-state index is 0.228. The molecular weight excluding hydrogens is 198 g/mol. The molecule has 0 saturated carbocycles. The fraction of sp³-hybridized carbons (Fsp3) is 0.273. The lowest BCUT2D eigenvalue weighted by molar-refractivity contribution is 0.406. The van der Waals surface area contributed by atoms with Gasteiger partial charge < -0.3 is 10.5 Å². The maximum absolute atomic E-state index is 5.87. The standard InChI is InChI=1S/C11H12ClNO/c1-3-4-10(13)9-7-8(12)5-6-11(9)14-2/h1,5-7,10H,4,13H2,2H3. The molecule has 1 unspecified atom stereocenters. The van der Waals surface area contributed by atoms with E-state index in [0.717, 1.165) is 11.3 Å². The molecule has 0 aliphatic rings. The highest BCUT2D eigenvalue weighted by atomic mass is 35.5. The third kappa shape index (κ3) is 2.41. The van der Waals surface area contributed by atoms with Crippen molar-refractivity contribution in [3.05, 3.63) is 28.8 Å². The van der Waals surface area contributed by atoms with Crippen molar-refractivity contribution in [1.29, 1.82) is 0 Å². The lowest BCUT2D eigenvalue weighted by atomic mass is 10.0. The molecule has 0 radical (unpaired) electrons. The van der Waals surface area contributed by atoms with E-state index >= 15 is 0 Å². The molecular formula is C11H12ClNO. The van der Waals surface area contributed by atoms with Gasteiger partial charge in [-0.3, -0.25) is 0 Å². The summed E-state index contributed by atoms with van der Waals surface area (Å²) >= 11 is 5.86. The lowest BCUT2D eigenvalue weighted by Gasteiger charge is -2.13. The van der Waals surface area contributed by atoms with Crippen LogP contribution in [0.3, 0.4) is 0 Å². The number of hydrogen-bond acceptors (Lipinski definition) is 2. The summed E-state index contributed by atoms with van der Waals surface area (Å²) in [5, 5.41) is 0.633. The van der Waals surface area contributed by atoms with Gasteiger partial charge in [-0.1, -0.05) is 11.6 Å². The predicted octanol–water partition coefficient (Wildman–Crippen LogP) is 2.37. The second kappa shape index (κ2) is 4.90. The topological polar surface area (TPSA) is 35.2 Å². The van der Waals surface area contributed by atoms with Crippen molar-refractivity contribution >= 4 is 11.6 Å². The summed E-state index contributed by atoms with van der Waals surface area (Å²) in [7, 11) is 1.59. The van der Waals surface area contributed by atoms with Gasteiger partial charge in [-0.15, -0.1) is 12.3 Å². The van der Waals surface area contributed by atoms with Crippen molar-refractivity contribution in [2.75, 3.05) is 7.11 Å². The molecule has 1 aromatic carbocycles. The van der Waals surface area contributed by atoms with Crippen LogP contribution in [0.2, 0.25) is 5.02 Å². The molecule has 14 heavy (non-hydrogen) atoms. The second-order valence-electron chi connectivity index (χ2n) is 2.90. The van der Waals surface area contributed by atoms with Gasteiger partial charge in [0.05, 0.1) is 7.11 Å². The average molecular weight is 210 g/mol. The summed E-state index contributed by atoms with van der Waals surface area (Å²) in [5.41, 5.74) is 6.71. The minimum Gasteiger partial charge on any atom is -0.496 e. The SMILES string of the molecule is C#CCC(N)c1cc(Cl)ccc1OC. The van der Waals surface area contributed by atoms with E-state index in [9.17, 15) is 0 Å². The molecule has 0 aliphatic heterocycles. The van der Waals surface area contributed by atoms with Gasteiger partial charge in [0, 0.05) is 23.0 Å². The van der Waals surface area contributed by atoms with Gasteiger partial charge in [0.15, 0.2) is 0 Å². The minimum atomic E-state index is -0.228. The van der Waals surface area contributed by atoms with Crippen LogP contribution in [0, 0.1) is 12.3 Å². The van der Waals surface area contributed by atoms with Crippen LogP contribution in [0.15, 0.2) is 18.2 Å². The average Bonchev–Trinajstić information content (AvgIpc) is 2.18. The first kappa shape index (κ1) is 10.9. The number of benzene rings is 1. The van der Waals surface area contributed by atoms with Crippen LogP contribution < -0.4 is 10.5 Å². The smallest absolute Gasteiger partial charge is 0.123 e. The van der Waals surface area contributed by atoms with Crippen LogP contribution >= 0.6 is 11.6 Å². The molecule has 0 aromatic heterocycles. The van der Waals surface area contributed by atoms with E-state index in [1.165, 1.54) is 0 Å². The highest BCUT2D eigenvalue weighted by Gasteiger charge is 2.11. The normalized spacial score (nSPS) is 11.9. The molecule has 1 aromatic rings. The van der Waals surface area contributed by atoms with E-state index in [-0.39, 0.29) is 6.04 Å². The van der Waals surface area contributed by atoms with Gasteiger partial charge in [0.2, 0.25) is 0 Å². The zero-order chi connectivity index (χ0) is 10.6. The maximum Gasteiger partial charge on any atom is 0.123 e. The van der Waals surface area contributed by atoms with Crippen LogP contribution in [0.4, 0.5) is 0 Å². The van der Waals surface area contributed by atoms with Crippen LogP contribution in [-0.2, 0) is 0 Å². The Balaban J connectivity index is 3.04. The predicted molar refractivity (Wildman–Crippen MR) is 58.4 cm³/mol. The number of ether oxygens (including phenoxy) is 1. The molecule has 74 valence electrons. The Labute approximate surface area is 89.0 Å². The Morgan fingerprint density at radius 2 is 2.36 bits per heavy atom. The van der Waals surface area contributed by atoms with Crippen molar-refractivity contribution < 1.29 is 4.74 Å². The molecule has 0 saturated heterocycles. The summed E-state index contributed by atoms with van der Waals surface area (Å²) in [6.07, 6.45) is 5.66. The van der Waals surface area contributed by atoms with Gasteiger partial charge in [-0.05, 0) is 18.2 Å². The Morgan fingerprint density at radius 1 is 1.64 bits per heavy atom. The number of halogens is 1. The van der Waals surface area contributed by atoms with Gasteiger partial charge in [0.1, 0.15) is 5.75 Å². The Kier molecular flexibility index (Phi) is 3.82. The van der Waals surface area contributed by atoms with Crippen LogP contribution in [-0.4, -0.2) is 7.11 Å². The molecule has 0 fully saturated rings. The van der Waals surface area contributed by atoms with Crippen LogP contribution in [0.5, 0.6) is 5.75 Å². The molecule has 2 nitrogen and oxygen atoms in total. The summed E-state index contributed by atoms with van der Waals surface area (Å²) < 4.78 is 5.16. The second-order valence-corrected chi connectivity index (χ2v) is 3.34. The van der Waals surface area contributed by atoms with Gasteiger partial charge >= 0.3 is 0 Å². The van der Waals surface area contributed by atoms with Crippen LogP contribution in [0.1, 0.15) is 18.0 Å². The van der Waals surface area contributed by atoms with E-state index in [1.54, 1.807) is 25.3 Å². The third-order valence-corrected chi connectivity index (χ3v) is 2.16. The van der Waals surface area contributed by atoms with E-state index < -0.39 is 0 Å². The molecule has 0 spiro atoms. The van der Waals surface area contributed by atoms with E-state index in [1.807, 2.05) is 0 Å². The Morgan fingerprint density at radius 3 is 2.93 bits per heavy atom. The Bertz CT molecular complexity index is 357. The molecule has 0 bridgehead atoms. The number of terminal acetylenes is 1. The molecule has 0 aliphatic carbocycles. The molecule has 2 N–H and O–H groups in total. The quantitative estimate of drug-likeness (QED) is 0.776. The molecule has 0 amide bonds. The molecule has 1 rings (SSSR count). The third-order valence-electron chi connectivity index (χ3n) is 1.93. The summed E-state index contributed by atoms with van der Waals surface area (Å²) in [4.78, 5) is 0. The number of nitrogens with two attached hydrogens (primary N) is 1. The summed E-state index contributed by atoms with van der Waals surface area (Å²) in [6.45, 7) is 0.